The topological polar surface area (TPSA) is 72.2 Å². The van der Waals surface area contributed by atoms with Crippen LogP contribution in [-0.4, -0.2) is 29.9 Å². The zero-order valence-corrected chi connectivity index (χ0v) is 10.5. The van der Waals surface area contributed by atoms with Crippen LogP contribution in [0.15, 0.2) is 12.2 Å². The van der Waals surface area contributed by atoms with Gasteiger partial charge in [0.25, 0.3) is 0 Å². The number of unbranched alkanes of at least 4 members (excludes halogenated alkanes) is 2. The lowest BCUT2D eigenvalue weighted by molar-refractivity contribution is -0.116. The predicted molar refractivity (Wildman–Crippen MR) is 68.2 cm³/mol. The monoisotopic (exact) mass is 244 g/mol. The quantitative estimate of drug-likeness (QED) is 0.470. The lowest BCUT2D eigenvalue weighted by atomic mass is 10.2. The Labute approximate surface area is 101 Å². The third-order valence-corrected chi connectivity index (χ3v) is 2.76. The summed E-state index contributed by atoms with van der Waals surface area (Å²) in [4.78, 5) is 21.6. The van der Waals surface area contributed by atoms with E-state index in [-0.39, 0.29) is 11.8 Å². The van der Waals surface area contributed by atoms with Crippen molar-refractivity contribution in [3.8, 4) is 0 Å². The largest absolute Gasteiger partial charge is 0.369 e. The minimum absolute atomic E-state index is 0.0734. The van der Waals surface area contributed by atoms with Gasteiger partial charge in [0, 0.05) is 12.3 Å². The first kappa shape index (κ1) is 15.0. The Bertz CT molecular complexity index is 242. The van der Waals surface area contributed by atoms with Crippen LogP contribution in [0.1, 0.15) is 26.2 Å². The van der Waals surface area contributed by atoms with Crippen molar-refractivity contribution in [2.45, 2.75) is 26.2 Å². The number of carbonyl (C=O) groups is 2. The Morgan fingerprint density at radius 3 is 2.81 bits per heavy atom. The number of allylic oxidation sites excluding steroid dienone is 1. The Kier molecular flexibility index (Phi) is 9.91. The van der Waals surface area contributed by atoms with Gasteiger partial charge in [-0.15, -0.1) is 0 Å². The molecule has 3 N–H and O–H groups in total. The van der Waals surface area contributed by atoms with E-state index in [1.165, 1.54) is 11.8 Å². The average Bonchev–Trinajstić information content (AvgIpc) is 2.23. The SMILES string of the molecule is CCCC/C=C/C(=O)NCCSCC(N)=O. The average molecular weight is 244 g/mol. The number of primary amides is 1. The zero-order chi connectivity index (χ0) is 12.2. The van der Waals surface area contributed by atoms with Gasteiger partial charge < -0.3 is 11.1 Å². The fraction of sp³-hybridized carbons (Fsp3) is 0.636. The molecule has 0 heterocycles. The molecule has 0 rings (SSSR count). The lowest BCUT2D eigenvalue weighted by Crippen LogP contribution is -2.24. The maximum Gasteiger partial charge on any atom is 0.243 e. The third kappa shape index (κ3) is 11.1. The van der Waals surface area contributed by atoms with Gasteiger partial charge in [0.15, 0.2) is 0 Å². The summed E-state index contributed by atoms with van der Waals surface area (Å²) >= 11 is 1.42. The maximum absolute atomic E-state index is 11.2. The second-order valence-corrected chi connectivity index (χ2v) is 4.46. The molecule has 16 heavy (non-hydrogen) atoms. The van der Waals surface area contributed by atoms with Crippen LogP contribution in [0.2, 0.25) is 0 Å². The van der Waals surface area contributed by atoms with Crippen LogP contribution in [-0.2, 0) is 9.59 Å². The minimum Gasteiger partial charge on any atom is -0.369 e. The van der Waals surface area contributed by atoms with Crippen LogP contribution < -0.4 is 11.1 Å². The molecular formula is C11H20N2O2S. The normalized spacial score (nSPS) is 10.6. The number of amides is 2. The highest BCUT2D eigenvalue weighted by atomic mass is 32.2. The molecule has 0 bridgehead atoms. The first-order valence-corrected chi connectivity index (χ1v) is 6.62. The molecule has 0 fully saturated rings. The second kappa shape index (κ2) is 10.5. The molecule has 0 aliphatic heterocycles. The van der Waals surface area contributed by atoms with Gasteiger partial charge >= 0.3 is 0 Å². The van der Waals surface area contributed by atoms with Crippen molar-refractivity contribution in [2.24, 2.45) is 5.73 Å². The molecule has 0 aliphatic rings. The van der Waals surface area contributed by atoms with Gasteiger partial charge in [-0.2, -0.15) is 11.8 Å². The summed E-state index contributed by atoms with van der Waals surface area (Å²) < 4.78 is 0. The number of nitrogens with two attached hydrogens (primary N) is 1. The molecule has 92 valence electrons. The summed E-state index contributed by atoms with van der Waals surface area (Å²) in [5.74, 6) is 0.617. The highest BCUT2D eigenvalue weighted by molar-refractivity contribution is 7.99. The Morgan fingerprint density at radius 2 is 2.19 bits per heavy atom. The van der Waals surface area contributed by atoms with Crippen molar-refractivity contribution in [1.29, 1.82) is 0 Å². The molecule has 0 radical (unpaired) electrons. The first-order chi connectivity index (χ1) is 7.66. The summed E-state index contributed by atoms with van der Waals surface area (Å²) in [6.45, 7) is 2.68. The summed E-state index contributed by atoms with van der Waals surface area (Å²) in [7, 11) is 0. The van der Waals surface area contributed by atoms with Gasteiger partial charge in [0.2, 0.25) is 11.8 Å². The van der Waals surface area contributed by atoms with E-state index in [1.54, 1.807) is 6.08 Å². The van der Waals surface area contributed by atoms with Crippen LogP contribution >= 0.6 is 11.8 Å². The van der Waals surface area contributed by atoms with Crippen molar-refractivity contribution in [3.05, 3.63) is 12.2 Å². The van der Waals surface area contributed by atoms with Crippen LogP contribution in [0.4, 0.5) is 0 Å². The molecule has 0 saturated heterocycles. The van der Waals surface area contributed by atoms with Crippen molar-refractivity contribution in [3.63, 3.8) is 0 Å². The summed E-state index contributed by atoms with van der Waals surface area (Å²) in [6, 6.07) is 0. The number of thioether (sulfide) groups is 1. The molecule has 5 heteroatoms. The summed E-state index contributed by atoms with van der Waals surface area (Å²) in [5.41, 5.74) is 4.97. The molecule has 2 amide bonds. The number of hydrogen-bond acceptors (Lipinski definition) is 3. The molecule has 0 atom stereocenters. The number of nitrogens with one attached hydrogen (secondary N) is 1. The van der Waals surface area contributed by atoms with Crippen molar-refractivity contribution >= 4 is 23.6 Å². The second-order valence-electron chi connectivity index (χ2n) is 3.35. The number of rotatable bonds is 9. The minimum atomic E-state index is -0.323. The Balaban J connectivity index is 3.36. The van der Waals surface area contributed by atoms with E-state index in [4.69, 9.17) is 5.73 Å². The van der Waals surface area contributed by atoms with E-state index >= 15 is 0 Å². The molecule has 0 aromatic heterocycles. The standard InChI is InChI=1S/C11H20N2O2S/c1-2-3-4-5-6-11(15)13-7-8-16-9-10(12)14/h5-6H,2-4,7-9H2,1H3,(H2,12,14)(H,13,15)/b6-5+. The summed E-state index contributed by atoms with van der Waals surface area (Å²) in [5, 5.41) is 2.73. The Hall–Kier alpha value is -0.970. The highest BCUT2D eigenvalue weighted by Crippen LogP contribution is 1.96. The zero-order valence-electron chi connectivity index (χ0n) is 9.70. The molecule has 0 spiro atoms. The van der Waals surface area contributed by atoms with E-state index in [2.05, 4.69) is 12.2 Å². The van der Waals surface area contributed by atoms with E-state index in [1.807, 2.05) is 6.08 Å². The molecule has 4 nitrogen and oxygen atoms in total. The van der Waals surface area contributed by atoms with Crippen LogP contribution in [0.3, 0.4) is 0 Å². The third-order valence-electron chi connectivity index (χ3n) is 1.78. The first-order valence-electron chi connectivity index (χ1n) is 5.47. The van der Waals surface area contributed by atoms with Gasteiger partial charge in [0.05, 0.1) is 5.75 Å². The van der Waals surface area contributed by atoms with Crippen LogP contribution in [0.5, 0.6) is 0 Å². The fourth-order valence-corrected chi connectivity index (χ4v) is 1.58. The van der Waals surface area contributed by atoms with Gasteiger partial charge in [-0.3, -0.25) is 9.59 Å². The molecular weight excluding hydrogens is 224 g/mol. The van der Waals surface area contributed by atoms with E-state index in [0.717, 1.165) is 19.3 Å². The lowest BCUT2D eigenvalue weighted by Gasteiger charge is -2.00. The van der Waals surface area contributed by atoms with E-state index in [0.29, 0.717) is 18.1 Å². The van der Waals surface area contributed by atoms with E-state index in [9.17, 15) is 9.59 Å². The number of hydrogen-bond donors (Lipinski definition) is 2. The van der Waals surface area contributed by atoms with Crippen molar-refractivity contribution < 1.29 is 9.59 Å². The van der Waals surface area contributed by atoms with Crippen molar-refractivity contribution in [2.75, 3.05) is 18.1 Å². The fourth-order valence-electron chi connectivity index (χ4n) is 0.990. The summed E-state index contributed by atoms with van der Waals surface area (Å²) in [6.07, 6.45) is 6.64. The predicted octanol–water partition coefficient (Wildman–Crippen LogP) is 1.07. The van der Waals surface area contributed by atoms with Crippen LogP contribution in [0, 0.1) is 0 Å². The smallest absolute Gasteiger partial charge is 0.243 e. The van der Waals surface area contributed by atoms with Gasteiger partial charge in [-0.1, -0.05) is 25.8 Å². The molecule has 0 aromatic carbocycles. The van der Waals surface area contributed by atoms with Gasteiger partial charge in [-0.05, 0) is 12.5 Å². The van der Waals surface area contributed by atoms with Crippen molar-refractivity contribution in [1.82, 2.24) is 5.32 Å². The molecule has 0 unspecified atom stereocenters. The Morgan fingerprint density at radius 1 is 1.44 bits per heavy atom. The molecule has 0 aliphatic carbocycles. The highest BCUT2D eigenvalue weighted by Gasteiger charge is 1.96. The van der Waals surface area contributed by atoms with E-state index < -0.39 is 0 Å². The number of carbonyl (C=O) groups excluding carboxylic acids is 2. The maximum atomic E-state index is 11.2. The van der Waals surface area contributed by atoms with Crippen LogP contribution in [0.25, 0.3) is 0 Å². The van der Waals surface area contributed by atoms with Gasteiger partial charge in [0.1, 0.15) is 0 Å². The van der Waals surface area contributed by atoms with Gasteiger partial charge in [-0.25, -0.2) is 0 Å². The molecule has 0 aromatic rings. The molecule has 0 saturated carbocycles.